The van der Waals surface area contributed by atoms with Crippen LogP contribution in [0.1, 0.15) is 15.9 Å². The molecule has 4 aromatic rings. The Balaban J connectivity index is 1.71. The second-order valence-corrected chi connectivity index (χ2v) is 10.4. The second kappa shape index (κ2) is 9.08. The van der Waals surface area contributed by atoms with E-state index in [1.165, 1.54) is 27.7 Å². The molecule has 0 saturated heterocycles. The first-order valence-corrected chi connectivity index (χ1v) is 12.6. The molecule has 174 valence electrons. The molecule has 7 nitrogen and oxygen atoms in total. The van der Waals surface area contributed by atoms with Gasteiger partial charge in [-0.1, -0.05) is 29.8 Å². The minimum Gasteiger partial charge on any atom is -0.311 e. The lowest BCUT2D eigenvalue weighted by Crippen LogP contribution is -2.28. The summed E-state index contributed by atoms with van der Waals surface area (Å²) >= 11 is 3.57. The van der Waals surface area contributed by atoms with Crippen molar-refractivity contribution in [1.82, 2.24) is 4.57 Å². The maximum Gasteiger partial charge on any atom is 0.261 e. The number of nitrogens with zero attached hydrogens (tertiary/aromatic N) is 2. The van der Waals surface area contributed by atoms with Crippen LogP contribution >= 0.6 is 15.9 Å². The number of para-hydroxylation sites is 1. The number of nitrogens with one attached hydrogen (secondary N) is 1. The van der Waals surface area contributed by atoms with Crippen LogP contribution in [0.2, 0.25) is 0 Å². The lowest BCUT2D eigenvalue weighted by Gasteiger charge is -2.22. The zero-order valence-electron chi connectivity index (χ0n) is 18.7. The quantitative estimate of drug-likeness (QED) is 0.398. The molecule has 0 bridgehead atoms. The van der Waals surface area contributed by atoms with Crippen molar-refractivity contribution in [3.05, 3.63) is 98.7 Å². The van der Waals surface area contributed by atoms with Crippen molar-refractivity contribution in [1.29, 1.82) is 0 Å². The van der Waals surface area contributed by atoms with Crippen LogP contribution in [0.25, 0.3) is 10.9 Å². The van der Waals surface area contributed by atoms with Gasteiger partial charge in [0.05, 0.1) is 31.8 Å². The van der Waals surface area contributed by atoms with Gasteiger partial charge >= 0.3 is 0 Å². The molecule has 34 heavy (non-hydrogen) atoms. The van der Waals surface area contributed by atoms with Crippen LogP contribution in [0.4, 0.5) is 11.4 Å². The molecule has 0 aliphatic heterocycles. The largest absolute Gasteiger partial charge is 0.311 e. The number of rotatable bonds is 5. The summed E-state index contributed by atoms with van der Waals surface area (Å²) in [6.45, 7) is 1.87. The Bertz CT molecular complexity index is 1580. The molecule has 0 unspecified atom stereocenters. The number of halogens is 1. The van der Waals surface area contributed by atoms with Crippen molar-refractivity contribution in [3.8, 4) is 0 Å². The number of aryl methyl sites for hydroxylation is 2. The lowest BCUT2D eigenvalue weighted by atomic mass is 10.1. The highest BCUT2D eigenvalue weighted by atomic mass is 79.9. The molecule has 1 N–H and O–H groups in total. The van der Waals surface area contributed by atoms with Crippen molar-refractivity contribution in [2.45, 2.75) is 11.8 Å². The van der Waals surface area contributed by atoms with Gasteiger partial charge in [0, 0.05) is 25.5 Å². The number of sulfonamides is 1. The third-order valence-corrected chi connectivity index (χ3v) is 7.83. The Kier molecular flexibility index (Phi) is 6.33. The molecule has 0 fully saturated rings. The van der Waals surface area contributed by atoms with Crippen LogP contribution in [0.3, 0.4) is 0 Å². The number of anilines is 2. The molecule has 1 aromatic heterocycles. The number of fused-ring (bicyclic) bond motifs is 1. The van der Waals surface area contributed by atoms with E-state index in [0.29, 0.717) is 10.2 Å². The minimum absolute atomic E-state index is 0.108. The number of carbonyl (C=O) groups is 1. The van der Waals surface area contributed by atoms with Crippen LogP contribution in [0, 0.1) is 6.92 Å². The molecular weight excluding hydrogens is 518 g/mol. The highest BCUT2D eigenvalue weighted by Gasteiger charge is 2.23. The van der Waals surface area contributed by atoms with E-state index in [1.54, 1.807) is 68.7 Å². The third-order valence-electron chi connectivity index (χ3n) is 5.62. The fraction of sp³-hybridized carbons (Fsp3) is 0.120. The average Bonchev–Trinajstić information content (AvgIpc) is 2.81. The van der Waals surface area contributed by atoms with E-state index in [9.17, 15) is 18.0 Å². The molecule has 0 saturated carbocycles. The molecule has 9 heteroatoms. The predicted octanol–water partition coefficient (Wildman–Crippen LogP) is 4.69. The summed E-state index contributed by atoms with van der Waals surface area (Å²) in [5.74, 6) is -0.396. The molecule has 1 heterocycles. The summed E-state index contributed by atoms with van der Waals surface area (Å²) in [5.41, 5.74) is 2.48. The van der Waals surface area contributed by atoms with Gasteiger partial charge in [-0.05, 0) is 65.3 Å². The number of benzene rings is 3. The average molecular weight is 540 g/mol. The van der Waals surface area contributed by atoms with Gasteiger partial charge in [-0.15, -0.1) is 0 Å². The smallest absolute Gasteiger partial charge is 0.261 e. The first kappa shape index (κ1) is 23.7. The van der Waals surface area contributed by atoms with Crippen molar-refractivity contribution < 1.29 is 13.2 Å². The van der Waals surface area contributed by atoms with Crippen molar-refractivity contribution >= 4 is 54.1 Å². The van der Waals surface area contributed by atoms with Crippen LogP contribution in [0.15, 0.2) is 87.0 Å². The topological polar surface area (TPSA) is 88.5 Å². The highest BCUT2D eigenvalue weighted by Crippen LogP contribution is 2.34. The van der Waals surface area contributed by atoms with Crippen LogP contribution in [-0.4, -0.2) is 25.9 Å². The number of pyridine rings is 1. The fourth-order valence-electron chi connectivity index (χ4n) is 3.64. The monoisotopic (exact) mass is 539 g/mol. The zero-order valence-corrected chi connectivity index (χ0v) is 21.1. The van der Waals surface area contributed by atoms with Gasteiger partial charge in [0.25, 0.3) is 21.5 Å². The number of hydrogen-bond donors (Lipinski definition) is 1. The van der Waals surface area contributed by atoms with Crippen molar-refractivity contribution in [2.24, 2.45) is 7.05 Å². The van der Waals surface area contributed by atoms with Crippen LogP contribution < -0.4 is 15.2 Å². The number of amides is 1. The molecule has 0 aliphatic carbocycles. The summed E-state index contributed by atoms with van der Waals surface area (Å²) in [6, 6.07) is 19.6. The van der Waals surface area contributed by atoms with E-state index in [4.69, 9.17) is 0 Å². The van der Waals surface area contributed by atoms with Gasteiger partial charge in [0.1, 0.15) is 0 Å². The number of carbonyl (C=O) groups excluding carboxylic acids is 1. The zero-order chi connectivity index (χ0) is 24.6. The molecule has 3 aromatic carbocycles. The Labute approximate surface area is 205 Å². The predicted molar refractivity (Wildman–Crippen MR) is 138 cm³/mol. The maximum absolute atomic E-state index is 13.5. The molecule has 0 aliphatic rings. The lowest BCUT2D eigenvalue weighted by molar-refractivity contribution is 0.0993. The summed E-state index contributed by atoms with van der Waals surface area (Å²) in [6.07, 6.45) is 0. The molecule has 0 spiro atoms. The number of hydrogen-bond acceptors (Lipinski definition) is 4. The van der Waals surface area contributed by atoms with E-state index in [0.717, 1.165) is 16.5 Å². The molecule has 0 radical (unpaired) electrons. The molecule has 1 amide bonds. The number of aromatic nitrogens is 1. The highest BCUT2D eigenvalue weighted by molar-refractivity contribution is 9.10. The van der Waals surface area contributed by atoms with Gasteiger partial charge in [-0.3, -0.25) is 14.3 Å². The standard InChI is InChI=1S/C25H22BrN3O4S/c1-16-8-10-17(11-9-16)34(32,33)27-20-7-5-4-6-18(20)25(31)29(3)22-14-13-21-19(24(22)26)12-15-23(30)28(21)2/h4-15,27H,1-3H3. The van der Waals surface area contributed by atoms with Gasteiger partial charge in [0.2, 0.25) is 0 Å². The Morgan fingerprint density at radius 2 is 1.65 bits per heavy atom. The normalized spacial score (nSPS) is 11.4. The SMILES string of the molecule is Cc1ccc(S(=O)(=O)Nc2ccccc2C(=O)N(C)c2ccc3c(ccc(=O)n3C)c2Br)cc1. The maximum atomic E-state index is 13.5. The van der Waals surface area contributed by atoms with E-state index >= 15 is 0 Å². The summed E-state index contributed by atoms with van der Waals surface area (Å²) in [5, 5.41) is 0.771. The Morgan fingerprint density at radius 3 is 2.35 bits per heavy atom. The third kappa shape index (κ3) is 4.36. The Morgan fingerprint density at radius 1 is 0.971 bits per heavy atom. The van der Waals surface area contributed by atoms with Gasteiger partial charge in [-0.25, -0.2) is 8.42 Å². The van der Waals surface area contributed by atoms with Gasteiger partial charge < -0.3 is 9.47 Å². The van der Waals surface area contributed by atoms with E-state index in [1.807, 2.05) is 6.92 Å². The first-order valence-electron chi connectivity index (χ1n) is 10.3. The van der Waals surface area contributed by atoms with Crippen LogP contribution in [-0.2, 0) is 17.1 Å². The van der Waals surface area contributed by atoms with Crippen molar-refractivity contribution in [2.75, 3.05) is 16.7 Å². The molecular formula is C25H22BrN3O4S. The van der Waals surface area contributed by atoms with Crippen LogP contribution in [0.5, 0.6) is 0 Å². The second-order valence-electron chi connectivity index (χ2n) is 7.89. The van der Waals surface area contributed by atoms with Crippen molar-refractivity contribution in [3.63, 3.8) is 0 Å². The summed E-state index contributed by atoms with van der Waals surface area (Å²) in [4.78, 5) is 27.0. The molecule has 4 rings (SSSR count). The minimum atomic E-state index is -3.88. The van der Waals surface area contributed by atoms with E-state index in [-0.39, 0.29) is 21.7 Å². The van der Waals surface area contributed by atoms with Gasteiger partial charge in [0.15, 0.2) is 0 Å². The van der Waals surface area contributed by atoms with Gasteiger partial charge in [-0.2, -0.15) is 0 Å². The summed E-state index contributed by atoms with van der Waals surface area (Å²) in [7, 11) is -0.589. The van der Waals surface area contributed by atoms with E-state index in [2.05, 4.69) is 20.7 Å². The van der Waals surface area contributed by atoms with E-state index < -0.39 is 15.9 Å². The fourth-order valence-corrected chi connectivity index (χ4v) is 5.45. The first-order chi connectivity index (χ1) is 16.1. The summed E-state index contributed by atoms with van der Waals surface area (Å²) < 4.78 is 30.6. The molecule has 0 atom stereocenters. The Hall–Kier alpha value is -3.43.